The molecule has 148 valence electrons. The summed E-state index contributed by atoms with van der Waals surface area (Å²) in [5, 5.41) is 12.2. The quantitative estimate of drug-likeness (QED) is 0.406. The first-order valence-corrected chi connectivity index (χ1v) is 9.21. The Morgan fingerprint density at radius 2 is 1.96 bits per heavy atom. The summed E-state index contributed by atoms with van der Waals surface area (Å²) >= 11 is 5.85. The summed E-state index contributed by atoms with van der Waals surface area (Å²) in [5.41, 5.74) is -0.313. The fourth-order valence-corrected chi connectivity index (χ4v) is 3.15. The van der Waals surface area contributed by atoms with E-state index in [-0.39, 0.29) is 29.3 Å². The number of esters is 1. The second-order valence-corrected chi connectivity index (χ2v) is 6.61. The van der Waals surface area contributed by atoms with Gasteiger partial charge in [-0.2, -0.15) is 4.98 Å². The van der Waals surface area contributed by atoms with Crippen LogP contribution in [0.2, 0.25) is 5.02 Å². The Bertz CT molecular complexity index is 854. The fourth-order valence-electron chi connectivity index (χ4n) is 3.02. The number of piperidine rings is 1. The highest BCUT2D eigenvalue weighted by Gasteiger charge is 2.33. The third kappa shape index (κ3) is 4.48. The van der Waals surface area contributed by atoms with E-state index in [4.69, 9.17) is 21.1 Å². The van der Waals surface area contributed by atoms with Gasteiger partial charge in [-0.25, -0.2) is 4.98 Å². The Hall–Kier alpha value is -2.94. The minimum absolute atomic E-state index is 0.148. The largest absolute Gasteiger partial charge is 0.466 e. The average Bonchev–Trinajstić information content (AvgIpc) is 2.69. The minimum Gasteiger partial charge on any atom is -0.466 e. The van der Waals surface area contributed by atoms with Crippen LogP contribution in [0.25, 0.3) is 0 Å². The van der Waals surface area contributed by atoms with Crippen molar-refractivity contribution in [3.63, 3.8) is 0 Å². The summed E-state index contributed by atoms with van der Waals surface area (Å²) in [6.45, 7) is 2.99. The van der Waals surface area contributed by atoms with Crippen molar-refractivity contribution >= 4 is 29.1 Å². The first kappa shape index (κ1) is 19.8. The van der Waals surface area contributed by atoms with Gasteiger partial charge in [-0.05, 0) is 44.0 Å². The van der Waals surface area contributed by atoms with Gasteiger partial charge < -0.3 is 14.4 Å². The van der Waals surface area contributed by atoms with Gasteiger partial charge in [-0.15, -0.1) is 0 Å². The van der Waals surface area contributed by atoms with Crippen molar-refractivity contribution in [3.05, 3.63) is 45.7 Å². The van der Waals surface area contributed by atoms with Gasteiger partial charge in [0.2, 0.25) is 5.82 Å². The zero-order valence-corrected chi connectivity index (χ0v) is 16.0. The Labute approximate surface area is 166 Å². The predicted molar refractivity (Wildman–Crippen MR) is 102 cm³/mol. The Kier molecular flexibility index (Phi) is 6.25. The van der Waals surface area contributed by atoms with E-state index in [1.807, 2.05) is 0 Å². The summed E-state index contributed by atoms with van der Waals surface area (Å²) in [6, 6.07) is 6.42. The second kappa shape index (κ2) is 8.83. The molecule has 9 nitrogen and oxygen atoms in total. The molecule has 0 atom stereocenters. The molecule has 28 heavy (non-hydrogen) atoms. The van der Waals surface area contributed by atoms with E-state index in [0.717, 1.165) is 0 Å². The van der Waals surface area contributed by atoms with Crippen LogP contribution in [-0.2, 0) is 9.53 Å². The number of nitro groups is 1. The lowest BCUT2D eigenvalue weighted by molar-refractivity contribution is -0.385. The lowest BCUT2D eigenvalue weighted by atomic mass is 9.97. The molecular formula is C18H19ClN4O5. The molecule has 1 aliphatic heterocycles. The predicted octanol–water partition coefficient (Wildman–Crippen LogP) is 3.61. The molecule has 10 heteroatoms. The molecule has 2 heterocycles. The summed E-state index contributed by atoms with van der Waals surface area (Å²) in [7, 11) is 0. The van der Waals surface area contributed by atoms with Crippen LogP contribution in [0.1, 0.15) is 19.8 Å². The fraction of sp³-hybridized carbons (Fsp3) is 0.389. The highest BCUT2D eigenvalue weighted by molar-refractivity contribution is 6.30. The SMILES string of the molecule is CCOC(=O)C1CCN(c2ncnc(Oc3ccc(Cl)cc3)c2[N+](=O)[O-])CC1. The molecule has 1 aliphatic rings. The standard InChI is InChI=1S/C18H19ClN4O5/c1-2-27-18(24)12-7-9-22(10-8-12)16-15(23(25)26)17(21-11-20-16)28-14-5-3-13(19)4-6-14/h3-6,11-12H,2,7-10H2,1H3. The summed E-state index contributed by atoms with van der Waals surface area (Å²) in [5.74, 6) is -0.0396. The Balaban J connectivity index is 1.81. The van der Waals surface area contributed by atoms with E-state index in [0.29, 0.717) is 43.3 Å². The van der Waals surface area contributed by atoms with E-state index in [1.54, 1.807) is 36.1 Å². The van der Waals surface area contributed by atoms with Crippen LogP contribution in [0, 0.1) is 16.0 Å². The van der Waals surface area contributed by atoms with Gasteiger partial charge in [0.25, 0.3) is 0 Å². The van der Waals surface area contributed by atoms with Crippen molar-refractivity contribution in [2.45, 2.75) is 19.8 Å². The number of hydrogen-bond donors (Lipinski definition) is 0. The van der Waals surface area contributed by atoms with Crippen molar-refractivity contribution in [2.75, 3.05) is 24.6 Å². The van der Waals surface area contributed by atoms with Gasteiger partial charge in [-0.1, -0.05) is 11.6 Å². The maximum Gasteiger partial charge on any atom is 0.373 e. The average molecular weight is 407 g/mol. The molecule has 0 unspecified atom stereocenters. The number of carbonyl (C=O) groups is 1. The van der Waals surface area contributed by atoms with E-state index in [9.17, 15) is 14.9 Å². The van der Waals surface area contributed by atoms with E-state index in [1.165, 1.54) is 6.33 Å². The molecule has 2 aromatic rings. The second-order valence-electron chi connectivity index (χ2n) is 6.18. The van der Waals surface area contributed by atoms with Crippen LogP contribution < -0.4 is 9.64 Å². The van der Waals surface area contributed by atoms with Crippen LogP contribution >= 0.6 is 11.6 Å². The lowest BCUT2D eigenvalue weighted by Gasteiger charge is -2.31. The third-order valence-electron chi connectivity index (χ3n) is 4.39. The first-order chi connectivity index (χ1) is 13.5. The first-order valence-electron chi connectivity index (χ1n) is 8.84. The molecule has 0 N–H and O–H groups in total. The van der Waals surface area contributed by atoms with Crippen molar-refractivity contribution in [1.29, 1.82) is 0 Å². The van der Waals surface area contributed by atoms with Crippen molar-refractivity contribution in [3.8, 4) is 11.6 Å². The van der Waals surface area contributed by atoms with Crippen LogP contribution in [0.5, 0.6) is 11.6 Å². The molecule has 1 aromatic heterocycles. The van der Waals surface area contributed by atoms with E-state index >= 15 is 0 Å². The summed E-state index contributed by atoms with van der Waals surface area (Å²) < 4.78 is 10.7. The smallest absolute Gasteiger partial charge is 0.373 e. The number of nitrogens with zero attached hydrogens (tertiary/aromatic N) is 4. The Morgan fingerprint density at radius 3 is 2.57 bits per heavy atom. The number of aromatic nitrogens is 2. The van der Waals surface area contributed by atoms with Crippen LogP contribution in [0.4, 0.5) is 11.5 Å². The van der Waals surface area contributed by atoms with Crippen LogP contribution in [0.15, 0.2) is 30.6 Å². The molecule has 1 aromatic carbocycles. The topological polar surface area (TPSA) is 108 Å². The van der Waals surface area contributed by atoms with Crippen LogP contribution in [0.3, 0.4) is 0 Å². The normalized spacial score (nSPS) is 14.6. The molecule has 0 radical (unpaired) electrons. The van der Waals surface area contributed by atoms with Gasteiger partial charge in [0, 0.05) is 18.1 Å². The molecule has 0 aliphatic carbocycles. The minimum atomic E-state index is -0.558. The third-order valence-corrected chi connectivity index (χ3v) is 4.65. The highest BCUT2D eigenvalue weighted by Crippen LogP contribution is 2.37. The number of anilines is 1. The van der Waals surface area contributed by atoms with Crippen molar-refractivity contribution < 1.29 is 19.2 Å². The highest BCUT2D eigenvalue weighted by atomic mass is 35.5. The summed E-state index contributed by atoms with van der Waals surface area (Å²) in [4.78, 5) is 32.8. The number of halogens is 1. The van der Waals surface area contributed by atoms with Crippen molar-refractivity contribution in [2.24, 2.45) is 5.92 Å². The molecule has 0 spiro atoms. The van der Waals surface area contributed by atoms with E-state index < -0.39 is 4.92 Å². The molecule has 0 saturated carbocycles. The molecule has 1 fully saturated rings. The van der Waals surface area contributed by atoms with Gasteiger partial charge in [-0.3, -0.25) is 14.9 Å². The maximum absolute atomic E-state index is 11.9. The number of ether oxygens (including phenoxy) is 2. The molecule has 0 amide bonds. The lowest BCUT2D eigenvalue weighted by Crippen LogP contribution is -2.37. The van der Waals surface area contributed by atoms with E-state index in [2.05, 4.69) is 9.97 Å². The van der Waals surface area contributed by atoms with Gasteiger partial charge >= 0.3 is 17.5 Å². The zero-order valence-electron chi connectivity index (χ0n) is 15.2. The summed E-state index contributed by atoms with van der Waals surface area (Å²) in [6.07, 6.45) is 2.30. The van der Waals surface area contributed by atoms with Crippen LogP contribution in [-0.4, -0.2) is 40.6 Å². The van der Waals surface area contributed by atoms with Gasteiger partial charge in [0.1, 0.15) is 12.1 Å². The Morgan fingerprint density at radius 1 is 1.29 bits per heavy atom. The molecule has 3 rings (SSSR count). The molecular weight excluding hydrogens is 388 g/mol. The number of carbonyl (C=O) groups excluding carboxylic acids is 1. The number of benzene rings is 1. The number of rotatable bonds is 6. The zero-order chi connectivity index (χ0) is 20.1. The maximum atomic E-state index is 11.9. The van der Waals surface area contributed by atoms with Gasteiger partial charge in [0.05, 0.1) is 17.4 Å². The van der Waals surface area contributed by atoms with Gasteiger partial charge in [0.15, 0.2) is 0 Å². The monoisotopic (exact) mass is 406 g/mol. The molecule has 0 bridgehead atoms. The molecule has 1 saturated heterocycles. The number of hydrogen-bond acceptors (Lipinski definition) is 8. The van der Waals surface area contributed by atoms with Crippen molar-refractivity contribution in [1.82, 2.24) is 9.97 Å².